The molecule has 2 amide bonds. The first-order valence-corrected chi connectivity index (χ1v) is 9.45. The second kappa shape index (κ2) is 8.83. The molecule has 0 radical (unpaired) electrons. The zero-order valence-electron chi connectivity index (χ0n) is 17.3. The number of anilines is 1. The van der Waals surface area contributed by atoms with Gasteiger partial charge in [-0.25, -0.2) is 9.69 Å². The van der Waals surface area contributed by atoms with Gasteiger partial charge in [-0.15, -0.1) is 0 Å². The van der Waals surface area contributed by atoms with Crippen molar-refractivity contribution < 1.29 is 33.8 Å². The van der Waals surface area contributed by atoms with E-state index in [0.29, 0.717) is 17.5 Å². The molecule has 160 valence electrons. The quantitative estimate of drug-likeness (QED) is 0.447. The van der Waals surface area contributed by atoms with Crippen LogP contribution in [0.15, 0.2) is 42.5 Å². The maximum absolute atomic E-state index is 13.0. The Bertz CT molecular complexity index is 1100. The zero-order chi connectivity index (χ0) is 22.7. The highest BCUT2D eigenvalue weighted by atomic mass is 16.5. The molecule has 0 saturated heterocycles. The van der Waals surface area contributed by atoms with E-state index in [4.69, 9.17) is 4.74 Å². The van der Waals surface area contributed by atoms with E-state index in [-0.39, 0.29) is 35.0 Å². The van der Waals surface area contributed by atoms with Crippen LogP contribution >= 0.6 is 0 Å². The van der Waals surface area contributed by atoms with Crippen LogP contribution in [0.2, 0.25) is 0 Å². The molecule has 0 spiro atoms. The lowest BCUT2D eigenvalue weighted by Gasteiger charge is -2.12. The summed E-state index contributed by atoms with van der Waals surface area (Å²) in [6, 6.07) is 11.1. The van der Waals surface area contributed by atoms with E-state index < -0.39 is 17.8 Å². The van der Waals surface area contributed by atoms with Gasteiger partial charge in [-0.2, -0.15) is 0 Å². The van der Waals surface area contributed by atoms with Crippen LogP contribution in [0.1, 0.15) is 40.4 Å². The van der Waals surface area contributed by atoms with Crippen molar-refractivity contribution in [3.8, 4) is 0 Å². The molecule has 0 fully saturated rings. The SMILES string of the molecule is COC(=O)CCc1ccc(/C(O)=C2\C(=O)N(C(C)=O)c3cc(C(=O)OC)ccc32)cc1. The molecular formula is C23H21NO7. The number of imide groups is 1. The number of ether oxygens (including phenoxy) is 2. The third kappa shape index (κ3) is 4.18. The molecule has 2 aromatic rings. The topological polar surface area (TPSA) is 110 Å². The van der Waals surface area contributed by atoms with Crippen LogP contribution in [0, 0.1) is 0 Å². The molecule has 1 N–H and O–H groups in total. The standard InChI is InChI=1S/C23H21NO7/c1-13(25)24-18-12-16(23(29)31-3)9-10-17(18)20(22(24)28)21(27)15-7-4-14(5-8-15)6-11-19(26)30-2/h4-5,7-10,12,27H,6,11H2,1-3H3/b21-20+. The van der Waals surface area contributed by atoms with Gasteiger partial charge in [-0.3, -0.25) is 14.4 Å². The first-order valence-electron chi connectivity index (χ1n) is 9.45. The molecule has 0 aromatic heterocycles. The van der Waals surface area contributed by atoms with Crippen molar-refractivity contribution in [3.05, 3.63) is 64.7 Å². The fraction of sp³-hybridized carbons (Fsp3) is 0.217. The summed E-state index contributed by atoms with van der Waals surface area (Å²) in [6.45, 7) is 1.22. The molecule has 2 aromatic carbocycles. The van der Waals surface area contributed by atoms with E-state index in [2.05, 4.69) is 4.74 Å². The second-order valence-electron chi connectivity index (χ2n) is 6.88. The number of fused-ring (bicyclic) bond motifs is 1. The Morgan fingerprint density at radius 2 is 1.61 bits per heavy atom. The van der Waals surface area contributed by atoms with Gasteiger partial charge >= 0.3 is 11.9 Å². The molecule has 1 aliphatic heterocycles. The molecule has 0 saturated carbocycles. The minimum atomic E-state index is -0.684. The molecule has 8 heteroatoms. The number of methoxy groups -OCH3 is 2. The number of aryl methyl sites for hydroxylation is 1. The number of hydrogen-bond donors (Lipinski definition) is 1. The first kappa shape index (κ1) is 21.8. The Labute approximate surface area is 178 Å². The number of hydrogen-bond acceptors (Lipinski definition) is 7. The number of esters is 2. The predicted molar refractivity (Wildman–Crippen MR) is 112 cm³/mol. The van der Waals surface area contributed by atoms with Crippen molar-refractivity contribution in [1.29, 1.82) is 0 Å². The maximum atomic E-state index is 13.0. The lowest BCUT2D eigenvalue weighted by atomic mass is 9.99. The Hall–Kier alpha value is -3.94. The molecule has 31 heavy (non-hydrogen) atoms. The summed E-state index contributed by atoms with van der Waals surface area (Å²) < 4.78 is 9.32. The van der Waals surface area contributed by atoms with Crippen LogP contribution in [0.3, 0.4) is 0 Å². The number of nitrogens with zero attached hydrogens (tertiary/aromatic N) is 1. The third-order valence-electron chi connectivity index (χ3n) is 4.97. The van der Waals surface area contributed by atoms with Gasteiger partial charge in [0.05, 0.1) is 31.0 Å². The number of benzene rings is 2. The van der Waals surface area contributed by atoms with Gasteiger partial charge in [0.15, 0.2) is 0 Å². The molecular weight excluding hydrogens is 402 g/mol. The summed E-state index contributed by atoms with van der Waals surface area (Å²) in [4.78, 5) is 49.1. The number of aliphatic hydroxyl groups is 1. The Kier molecular flexibility index (Phi) is 6.20. The minimum absolute atomic E-state index is 0.0380. The van der Waals surface area contributed by atoms with Crippen LogP contribution in [-0.2, 0) is 30.3 Å². The molecule has 0 atom stereocenters. The lowest BCUT2D eigenvalue weighted by Crippen LogP contribution is -2.31. The average Bonchev–Trinajstić information content (AvgIpc) is 3.07. The summed E-state index contributed by atoms with van der Waals surface area (Å²) in [6.07, 6.45) is 0.700. The summed E-state index contributed by atoms with van der Waals surface area (Å²) in [7, 11) is 2.56. The Morgan fingerprint density at radius 1 is 0.968 bits per heavy atom. The van der Waals surface area contributed by atoms with Crippen molar-refractivity contribution in [2.24, 2.45) is 0 Å². The van der Waals surface area contributed by atoms with E-state index in [0.717, 1.165) is 10.5 Å². The molecule has 0 unspecified atom stereocenters. The normalized spacial score (nSPS) is 14.2. The average molecular weight is 423 g/mol. The number of amides is 2. The van der Waals surface area contributed by atoms with E-state index in [1.54, 1.807) is 24.3 Å². The minimum Gasteiger partial charge on any atom is -0.506 e. The lowest BCUT2D eigenvalue weighted by molar-refractivity contribution is -0.140. The van der Waals surface area contributed by atoms with Gasteiger partial charge in [-0.1, -0.05) is 30.3 Å². The van der Waals surface area contributed by atoms with Gasteiger partial charge < -0.3 is 14.6 Å². The highest BCUT2D eigenvalue weighted by molar-refractivity contribution is 6.42. The highest BCUT2D eigenvalue weighted by Crippen LogP contribution is 2.41. The fourth-order valence-electron chi connectivity index (χ4n) is 3.37. The zero-order valence-corrected chi connectivity index (χ0v) is 17.3. The first-order chi connectivity index (χ1) is 14.8. The predicted octanol–water partition coefficient (Wildman–Crippen LogP) is 2.90. The smallest absolute Gasteiger partial charge is 0.337 e. The molecule has 0 bridgehead atoms. The van der Waals surface area contributed by atoms with Crippen molar-refractivity contribution in [2.45, 2.75) is 19.8 Å². The summed E-state index contributed by atoms with van der Waals surface area (Å²) >= 11 is 0. The van der Waals surface area contributed by atoms with Gasteiger partial charge in [-0.05, 0) is 24.1 Å². The molecule has 0 aliphatic carbocycles. The number of carbonyl (C=O) groups excluding carboxylic acids is 4. The van der Waals surface area contributed by atoms with E-state index in [1.807, 2.05) is 0 Å². The van der Waals surface area contributed by atoms with Crippen LogP contribution in [-0.4, -0.2) is 43.1 Å². The van der Waals surface area contributed by atoms with Gasteiger partial charge in [0.2, 0.25) is 5.91 Å². The van der Waals surface area contributed by atoms with Crippen LogP contribution in [0.5, 0.6) is 0 Å². The number of rotatable bonds is 5. The Morgan fingerprint density at radius 3 is 2.19 bits per heavy atom. The molecule has 1 aliphatic rings. The van der Waals surface area contributed by atoms with Crippen molar-refractivity contribution >= 4 is 40.8 Å². The van der Waals surface area contributed by atoms with Gasteiger partial charge in [0.1, 0.15) is 5.76 Å². The summed E-state index contributed by atoms with van der Waals surface area (Å²) in [5.41, 5.74) is 1.91. The Balaban J connectivity index is 2.01. The number of carbonyl (C=O) groups is 4. The summed E-state index contributed by atoms with van der Waals surface area (Å²) in [5.74, 6) is -2.45. The van der Waals surface area contributed by atoms with Crippen LogP contribution in [0.25, 0.3) is 11.3 Å². The fourth-order valence-corrected chi connectivity index (χ4v) is 3.37. The van der Waals surface area contributed by atoms with E-state index in [1.165, 1.54) is 39.3 Å². The van der Waals surface area contributed by atoms with E-state index >= 15 is 0 Å². The molecule has 8 nitrogen and oxygen atoms in total. The maximum Gasteiger partial charge on any atom is 0.337 e. The largest absolute Gasteiger partial charge is 0.506 e. The molecule has 3 rings (SSSR count). The van der Waals surface area contributed by atoms with Crippen LogP contribution in [0.4, 0.5) is 5.69 Å². The van der Waals surface area contributed by atoms with Crippen molar-refractivity contribution in [1.82, 2.24) is 0 Å². The molecule has 1 heterocycles. The highest BCUT2D eigenvalue weighted by Gasteiger charge is 2.38. The van der Waals surface area contributed by atoms with Crippen molar-refractivity contribution in [2.75, 3.05) is 19.1 Å². The van der Waals surface area contributed by atoms with Gasteiger partial charge in [0.25, 0.3) is 5.91 Å². The van der Waals surface area contributed by atoms with E-state index in [9.17, 15) is 24.3 Å². The third-order valence-corrected chi connectivity index (χ3v) is 4.97. The van der Waals surface area contributed by atoms with Crippen LogP contribution < -0.4 is 4.90 Å². The van der Waals surface area contributed by atoms with Gasteiger partial charge in [0, 0.05) is 24.5 Å². The summed E-state index contributed by atoms with van der Waals surface area (Å²) in [5, 5.41) is 10.9. The number of aliphatic hydroxyl groups excluding tert-OH is 1. The monoisotopic (exact) mass is 423 g/mol. The second-order valence-corrected chi connectivity index (χ2v) is 6.88. The van der Waals surface area contributed by atoms with Crippen molar-refractivity contribution in [3.63, 3.8) is 0 Å².